The number of amides is 2. The van der Waals surface area contributed by atoms with Gasteiger partial charge in [-0.2, -0.15) is 0 Å². The van der Waals surface area contributed by atoms with E-state index in [0.717, 1.165) is 11.1 Å². The van der Waals surface area contributed by atoms with Gasteiger partial charge in [-0.25, -0.2) is 0 Å². The quantitative estimate of drug-likeness (QED) is 0.840. The van der Waals surface area contributed by atoms with Gasteiger partial charge >= 0.3 is 0 Å². The third-order valence-corrected chi connectivity index (χ3v) is 3.65. The SMILES string of the molecule is Cc1cccc(C(=O)NNC(=O)COc2ccccc2C(C)(C)C)c1. The Morgan fingerprint density at radius 3 is 2.40 bits per heavy atom. The number of para-hydroxylation sites is 1. The van der Waals surface area contributed by atoms with Crippen molar-refractivity contribution in [1.29, 1.82) is 0 Å². The first-order valence-electron chi connectivity index (χ1n) is 8.15. The molecule has 132 valence electrons. The number of aryl methyl sites for hydroxylation is 1. The molecule has 2 amide bonds. The van der Waals surface area contributed by atoms with Gasteiger partial charge in [-0.15, -0.1) is 0 Å². The Kier molecular flexibility index (Phi) is 5.80. The summed E-state index contributed by atoms with van der Waals surface area (Å²) in [5, 5.41) is 0. The van der Waals surface area contributed by atoms with Gasteiger partial charge in [-0.3, -0.25) is 20.4 Å². The van der Waals surface area contributed by atoms with Crippen LogP contribution >= 0.6 is 0 Å². The maximum Gasteiger partial charge on any atom is 0.276 e. The first-order chi connectivity index (χ1) is 11.8. The van der Waals surface area contributed by atoms with Crippen molar-refractivity contribution < 1.29 is 14.3 Å². The van der Waals surface area contributed by atoms with Crippen molar-refractivity contribution in [2.45, 2.75) is 33.1 Å². The molecule has 0 atom stereocenters. The fourth-order valence-electron chi connectivity index (χ4n) is 2.38. The number of nitrogens with one attached hydrogen (secondary N) is 2. The number of hydrazine groups is 1. The molecule has 0 saturated heterocycles. The molecule has 2 aromatic carbocycles. The Morgan fingerprint density at radius 1 is 1.00 bits per heavy atom. The van der Waals surface area contributed by atoms with Crippen molar-refractivity contribution in [3.63, 3.8) is 0 Å². The Balaban J connectivity index is 1.89. The van der Waals surface area contributed by atoms with E-state index >= 15 is 0 Å². The van der Waals surface area contributed by atoms with Crippen LogP contribution in [0.2, 0.25) is 0 Å². The highest BCUT2D eigenvalue weighted by molar-refractivity contribution is 5.95. The van der Waals surface area contributed by atoms with Gasteiger partial charge in [0.05, 0.1) is 0 Å². The molecule has 5 nitrogen and oxygen atoms in total. The molecular weight excluding hydrogens is 316 g/mol. The van der Waals surface area contributed by atoms with Crippen molar-refractivity contribution in [1.82, 2.24) is 10.9 Å². The van der Waals surface area contributed by atoms with Crippen molar-refractivity contribution in [2.75, 3.05) is 6.61 Å². The maximum atomic E-state index is 12.0. The van der Waals surface area contributed by atoms with Gasteiger partial charge in [-0.05, 0) is 36.1 Å². The van der Waals surface area contributed by atoms with E-state index in [9.17, 15) is 9.59 Å². The van der Waals surface area contributed by atoms with Crippen molar-refractivity contribution in [3.8, 4) is 5.75 Å². The molecule has 0 radical (unpaired) electrons. The summed E-state index contributed by atoms with van der Waals surface area (Å²) in [7, 11) is 0. The maximum absolute atomic E-state index is 12.0. The highest BCUT2D eigenvalue weighted by Crippen LogP contribution is 2.30. The Morgan fingerprint density at radius 2 is 1.72 bits per heavy atom. The third-order valence-electron chi connectivity index (χ3n) is 3.65. The Bertz CT molecular complexity index is 764. The molecule has 0 heterocycles. The van der Waals surface area contributed by atoms with Crippen LogP contribution in [0.4, 0.5) is 0 Å². The average Bonchev–Trinajstić information content (AvgIpc) is 2.57. The summed E-state index contributed by atoms with van der Waals surface area (Å²) in [6, 6.07) is 14.7. The largest absolute Gasteiger partial charge is 0.483 e. The van der Waals surface area contributed by atoms with E-state index in [1.54, 1.807) is 18.2 Å². The molecule has 0 unspecified atom stereocenters. The second-order valence-electron chi connectivity index (χ2n) is 6.91. The average molecular weight is 340 g/mol. The predicted octanol–water partition coefficient (Wildman–Crippen LogP) is 3.13. The van der Waals surface area contributed by atoms with Crippen molar-refractivity contribution >= 4 is 11.8 Å². The van der Waals surface area contributed by atoms with E-state index in [0.29, 0.717) is 11.3 Å². The molecule has 2 rings (SSSR count). The minimum Gasteiger partial charge on any atom is -0.483 e. The molecule has 0 aliphatic carbocycles. The molecule has 0 aliphatic heterocycles. The van der Waals surface area contributed by atoms with E-state index in [1.807, 2.05) is 37.3 Å². The zero-order valence-electron chi connectivity index (χ0n) is 15.1. The van der Waals surface area contributed by atoms with Crippen LogP contribution in [0.5, 0.6) is 5.75 Å². The van der Waals surface area contributed by atoms with Crippen LogP contribution in [0.15, 0.2) is 48.5 Å². The first kappa shape index (κ1) is 18.5. The van der Waals surface area contributed by atoms with E-state index in [-0.39, 0.29) is 17.9 Å². The fraction of sp³-hybridized carbons (Fsp3) is 0.300. The lowest BCUT2D eigenvalue weighted by molar-refractivity contribution is -0.123. The number of hydrogen-bond acceptors (Lipinski definition) is 3. The summed E-state index contributed by atoms with van der Waals surface area (Å²) < 4.78 is 5.62. The van der Waals surface area contributed by atoms with Gasteiger partial charge in [0.15, 0.2) is 6.61 Å². The third kappa shape index (κ3) is 5.35. The van der Waals surface area contributed by atoms with E-state index < -0.39 is 5.91 Å². The summed E-state index contributed by atoms with van der Waals surface area (Å²) in [6.07, 6.45) is 0. The summed E-state index contributed by atoms with van der Waals surface area (Å²) in [4.78, 5) is 23.9. The van der Waals surface area contributed by atoms with Gasteiger partial charge in [-0.1, -0.05) is 56.7 Å². The highest BCUT2D eigenvalue weighted by atomic mass is 16.5. The molecule has 2 N–H and O–H groups in total. The number of carbonyl (C=O) groups excluding carboxylic acids is 2. The molecule has 5 heteroatoms. The molecular formula is C20H24N2O3. The van der Waals surface area contributed by atoms with Crippen molar-refractivity contribution in [2.24, 2.45) is 0 Å². The zero-order valence-corrected chi connectivity index (χ0v) is 15.1. The van der Waals surface area contributed by atoms with E-state index in [2.05, 4.69) is 31.6 Å². The second-order valence-corrected chi connectivity index (χ2v) is 6.91. The fourth-order valence-corrected chi connectivity index (χ4v) is 2.38. The van der Waals surface area contributed by atoms with Crippen LogP contribution in [0.1, 0.15) is 42.3 Å². The van der Waals surface area contributed by atoms with Crippen molar-refractivity contribution in [3.05, 3.63) is 65.2 Å². The summed E-state index contributed by atoms with van der Waals surface area (Å²) in [6.45, 7) is 7.96. The Hall–Kier alpha value is -2.82. The zero-order chi connectivity index (χ0) is 18.4. The molecule has 0 aliphatic rings. The summed E-state index contributed by atoms with van der Waals surface area (Å²) in [5.74, 6) is -0.132. The van der Waals surface area contributed by atoms with E-state index in [1.165, 1.54) is 0 Å². The minimum atomic E-state index is -0.426. The lowest BCUT2D eigenvalue weighted by Gasteiger charge is -2.22. The van der Waals surface area contributed by atoms with Crippen LogP contribution in [-0.4, -0.2) is 18.4 Å². The van der Waals surface area contributed by atoms with Gasteiger partial charge in [0.25, 0.3) is 11.8 Å². The minimum absolute atomic E-state index is 0.0908. The smallest absolute Gasteiger partial charge is 0.276 e. The van der Waals surface area contributed by atoms with E-state index in [4.69, 9.17) is 4.74 Å². The number of hydrogen-bond donors (Lipinski definition) is 2. The normalized spacial score (nSPS) is 10.9. The molecule has 0 aromatic heterocycles. The summed E-state index contributed by atoms with van der Waals surface area (Å²) in [5.41, 5.74) is 7.14. The number of ether oxygens (including phenoxy) is 1. The number of rotatable bonds is 4. The van der Waals surface area contributed by atoms with Crippen LogP contribution in [0.3, 0.4) is 0 Å². The van der Waals surface area contributed by atoms with Gasteiger partial charge < -0.3 is 4.74 Å². The molecule has 0 spiro atoms. The molecule has 0 fully saturated rings. The molecule has 0 saturated carbocycles. The summed E-state index contributed by atoms with van der Waals surface area (Å²) >= 11 is 0. The molecule has 2 aromatic rings. The van der Waals surface area contributed by atoms with Crippen LogP contribution in [0, 0.1) is 6.92 Å². The lowest BCUT2D eigenvalue weighted by atomic mass is 9.86. The first-order valence-corrected chi connectivity index (χ1v) is 8.15. The molecule has 0 bridgehead atoms. The second kappa shape index (κ2) is 7.83. The Labute approximate surface area is 148 Å². The van der Waals surface area contributed by atoms with Gasteiger partial charge in [0, 0.05) is 5.56 Å². The van der Waals surface area contributed by atoms with Crippen LogP contribution in [0.25, 0.3) is 0 Å². The standard InChI is InChI=1S/C20H24N2O3/c1-14-8-7-9-15(12-14)19(24)22-21-18(23)13-25-17-11-6-5-10-16(17)20(2,3)4/h5-12H,13H2,1-4H3,(H,21,23)(H,22,24). The highest BCUT2D eigenvalue weighted by Gasteiger charge is 2.19. The number of carbonyl (C=O) groups is 2. The van der Waals surface area contributed by atoms with Crippen LogP contribution < -0.4 is 15.6 Å². The van der Waals surface area contributed by atoms with Crippen LogP contribution in [-0.2, 0) is 10.2 Å². The van der Waals surface area contributed by atoms with Gasteiger partial charge in [0.1, 0.15) is 5.75 Å². The van der Waals surface area contributed by atoms with Gasteiger partial charge in [0.2, 0.25) is 0 Å². The topological polar surface area (TPSA) is 67.4 Å². The molecule has 25 heavy (non-hydrogen) atoms. The number of benzene rings is 2. The lowest BCUT2D eigenvalue weighted by Crippen LogP contribution is -2.43. The predicted molar refractivity (Wildman–Crippen MR) is 97.4 cm³/mol. The monoisotopic (exact) mass is 340 g/mol.